The van der Waals surface area contributed by atoms with Gasteiger partial charge in [-0.3, -0.25) is 14.5 Å². The number of carbonyl (C=O) groups is 2. The summed E-state index contributed by atoms with van der Waals surface area (Å²) in [7, 11) is 0. The van der Waals surface area contributed by atoms with Gasteiger partial charge in [-0.2, -0.15) is 0 Å². The van der Waals surface area contributed by atoms with Crippen LogP contribution in [0.2, 0.25) is 10.0 Å². The summed E-state index contributed by atoms with van der Waals surface area (Å²) in [5, 5.41) is 19.9. The Hall–Kier alpha value is -1.30. The van der Waals surface area contributed by atoms with Crippen LogP contribution in [0.5, 0.6) is 5.75 Å². The van der Waals surface area contributed by atoms with Crippen molar-refractivity contribution in [1.29, 1.82) is 0 Å². The number of phenols is 1. The van der Waals surface area contributed by atoms with Gasteiger partial charge in [0.15, 0.2) is 0 Å². The first-order valence-corrected chi connectivity index (χ1v) is 7.08. The molecule has 0 aromatic heterocycles. The van der Waals surface area contributed by atoms with Crippen molar-refractivity contribution < 1.29 is 19.8 Å². The topological polar surface area (TPSA) is 77.8 Å². The lowest BCUT2D eigenvalue weighted by Crippen LogP contribution is -2.35. The molecule has 1 aliphatic heterocycles. The molecule has 1 saturated heterocycles. The van der Waals surface area contributed by atoms with Gasteiger partial charge in [-0.25, -0.2) is 0 Å². The average molecular weight is 332 g/mol. The molecule has 1 aliphatic rings. The number of likely N-dealkylation sites (tertiary alicyclic amines) is 1. The summed E-state index contributed by atoms with van der Waals surface area (Å²) in [4.78, 5) is 25.4. The summed E-state index contributed by atoms with van der Waals surface area (Å²) in [5.74, 6) is -1.36. The first kappa shape index (κ1) is 16.1. The van der Waals surface area contributed by atoms with E-state index in [2.05, 4.69) is 0 Å². The van der Waals surface area contributed by atoms with E-state index in [1.54, 1.807) is 6.92 Å². The summed E-state index contributed by atoms with van der Waals surface area (Å²) in [6, 6.07) is 1.93. The summed E-state index contributed by atoms with van der Waals surface area (Å²) in [6.45, 7) is 4.61. The van der Waals surface area contributed by atoms with Crippen molar-refractivity contribution in [3.05, 3.63) is 27.7 Å². The van der Waals surface area contributed by atoms with Gasteiger partial charge >= 0.3 is 0 Å². The van der Waals surface area contributed by atoms with Crippen LogP contribution in [-0.4, -0.2) is 33.0 Å². The highest BCUT2D eigenvalue weighted by atomic mass is 35.5. The van der Waals surface area contributed by atoms with Gasteiger partial charge in [0, 0.05) is 5.02 Å². The highest BCUT2D eigenvalue weighted by Gasteiger charge is 2.54. The van der Waals surface area contributed by atoms with Gasteiger partial charge in [-0.15, -0.1) is 0 Å². The third-order valence-corrected chi connectivity index (χ3v) is 4.46. The maximum absolute atomic E-state index is 12.3. The third-order valence-electron chi connectivity index (χ3n) is 3.83. The molecule has 0 saturated carbocycles. The number of hydrogen-bond acceptors (Lipinski definition) is 4. The second-order valence-electron chi connectivity index (χ2n) is 5.64. The minimum atomic E-state index is -1.40. The van der Waals surface area contributed by atoms with Gasteiger partial charge in [0.25, 0.3) is 5.91 Å². The van der Waals surface area contributed by atoms with E-state index in [0.29, 0.717) is 5.56 Å². The Kier molecular flexibility index (Phi) is 3.95. The Bertz CT molecular complexity index is 630. The number of nitrogens with zero attached hydrogens (tertiary/aromatic N) is 1. The number of hydrogen-bond donors (Lipinski definition) is 2. The Morgan fingerprint density at radius 1 is 1.24 bits per heavy atom. The number of phenolic OH excluding ortho intramolecular Hbond substituents is 1. The molecule has 2 amide bonds. The number of imide groups is 1. The van der Waals surface area contributed by atoms with Gasteiger partial charge in [-0.1, -0.05) is 23.2 Å². The zero-order valence-corrected chi connectivity index (χ0v) is 13.2. The molecule has 0 spiro atoms. The van der Waals surface area contributed by atoms with Crippen LogP contribution in [0, 0.1) is 5.41 Å². The molecule has 0 bridgehead atoms. The molecule has 1 aromatic rings. The fourth-order valence-corrected chi connectivity index (χ4v) is 2.89. The van der Waals surface area contributed by atoms with Gasteiger partial charge in [-0.05, 0) is 38.5 Å². The Morgan fingerprint density at radius 2 is 1.81 bits per heavy atom. The Morgan fingerprint density at radius 3 is 2.29 bits per heavy atom. The number of aliphatic hydroxyl groups is 1. The molecular weight excluding hydrogens is 317 g/mol. The van der Waals surface area contributed by atoms with E-state index in [0.717, 1.165) is 4.90 Å². The van der Waals surface area contributed by atoms with Crippen molar-refractivity contribution in [1.82, 2.24) is 4.90 Å². The number of carbonyl (C=O) groups excluding carboxylic acids is 2. The maximum Gasteiger partial charge on any atom is 0.259 e. The van der Waals surface area contributed by atoms with Crippen LogP contribution in [0.3, 0.4) is 0 Å². The van der Waals surface area contributed by atoms with Crippen molar-refractivity contribution in [2.45, 2.75) is 32.9 Å². The van der Waals surface area contributed by atoms with E-state index in [-0.39, 0.29) is 15.8 Å². The summed E-state index contributed by atoms with van der Waals surface area (Å²) in [5.41, 5.74) is -0.808. The van der Waals surface area contributed by atoms with Crippen LogP contribution in [0.1, 0.15) is 32.4 Å². The number of aliphatic hydroxyl groups excluding tert-OH is 1. The lowest BCUT2D eigenvalue weighted by molar-refractivity contribution is -0.143. The Labute approximate surface area is 132 Å². The van der Waals surface area contributed by atoms with E-state index in [9.17, 15) is 19.8 Å². The summed E-state index contributed by atoms with van der Waals surface area (Å²) >= 11 is 11.8. The van der Waals surface area contributed by atoms with Crippen LogP contribution in [0.25, 0.3) is 0 Å². The Balaban J connectivity index is 2.46. The zero-order chi connectivity index (χ0) is 16.1. The fraction of sp³-hybridized carbons (Fsp3) is 0.429. The van der Waals surface area contributed by atoms with Crippen molar-refractivity contribution in [2.24, 2.45) is 5.41 Å². The largest absolute Gasteiger partial charge is 0.506 e. The minimum Gasteiger partial charge on any atom is -0.506 e. The molecule has 2 rings (SSSR count). The highest BCUT2D eigenvalue weighted by Crippen LogP contribution is 2.41. The summed E-state index contributed by atoms with van der Waals surface area (Å²) in [6.07, 6.45) is -1.40. The number of aromatic hydroxyl groups is 1. The second kappa shape index (κ2) is 5.16. The molecule has 0 radical (unpaired) electrons. The number of rotatable bonds is 2. The molecule has 114 valence electrons. The predicted molar refractivity (Wildman–Crippen MR) is 78.2 cm³/mol. The van der Waals surface area contributed by atoms with Crippen molar-refractivity contribution >= 4 is 35.0 Å². The van der Waals surface area contributed by atoms with E-state index in [4.69, 9.17) is 23.2 Å². The SMILES string of the molecule is CC(c1cc(O)c(Cl)cc1Cl)N1C(=O)C(O)C(C)(C)C1=O. The number of halogens is 2. The lowest BCUT2D eigenvalue weighted by atomic mass is 9.89. The van der Waals surface area contributed by atoms with Gasteiger partial charge in [0.05, 0.1) is 16.5 Å². The third kappa shape index (κ3) is 2.39. The quantitative estimate of drug-likeness (QED) is 0.816. The summed E-state index contributed by atoms with van der Waals surface area (Å²) < 4.78 is 0. The van der Waals surface area contributed by atoms with Crippen LogP contribution in [0.4, 0.5) is 0 Å². The van der Waals surface area contributed by atoms with Crippen molar-refractivity contribution in [3.63, 3.8) is 0 Å². The first-order chi connectivity index (χ1) is 9.59. The maximum atomic E-state index is 12.3. The van der Waals surface area contributed by atoms with E-state index in [1.807, 2.05) is 0 Å². The molecule has 21 heavy (non-hydrogen) atoms. The first-order valence-electron chi connectivity index (χ1n) is 6.32. The van der Waals surface area contributed by atoms with Gasteiger partial charge < -0.3 is 10.2 Å². The van der Waals surface area contributed by atoms with Crippen LogP contribution in [0.15, 0.2) is 12.1 Å². The van der Waals surface area contributed by atoms with Crippen molar-refractivity contribution in [3.8, 4) is 5.75 Å². The van der Waals surface area contributed by atoms with Gasteiger partial charge in [0.1, 0.15) is 11.9 Å². The predicted octanol–water partition coefficient (Wildman–Crippen LogP) is 2.52. The lowest BCUT2D eigenvalue weighted by Gasteiger charge is -2.25. The fourth-order valence-electron chi connectivity index (χ4n) is 2.35. The molecule has 1 aromatic carbocycles. The highest BCUT2D eigenvalue weighted by molar-refractivity contribution is 6.36. The van der Waals surface area contributed by atoms with E-state index in [1.165, 1.54) is 26.0 Å². The van der Waals surface area contributed by atoms with E-state index >= 15 is 0 Å². The van der Waals surface area contributed by atoms with Gasteiger partial charge in [0.2, 0.25) is 5.91 Å². The smallest absolute Gasteiger partial charge is 0.259 e. The molecule has 1 heterocycles. The minimum absolute atomic E-state index is 0.0791. The van der Waals surface area contributed by atoms with Crippen molar-refractivity contribution in [2.75, 3.05) is 0 Å². The van der Waals surface area contributed by atoms with Crippen LogP contribution < -0.4 is 0 Å². The standard InChI is InChI=1S/C14H15Cl2NO4/c1-6(7-4-10(18)9(16)5-8(7)15)17-12(20)11(19)14(2,3)13(17)21/h4-6,11,18-19H,1-3H3. The zero-order valence-electron chi connectivity index (χ0n) is 11.7. The second-order valence-corrected chi connectivity index (χ2v) is 6.45. The molecule has 7 heteroatoms. The molecular formula is C14H15Cl2NO4. The van der Waals surface area contributed by atoms with Crippen LogP contribution >= 0.6 is 23.2 Å². The van der Waals surface area contributed by atoms with Crippen LogP contribution in [-0.2, 0) is 9.59 Å². The molecule has 2 N–H and O–H groups in total. The molecule has 2 unspecified atom stereocenters. The molecule has 2 atom stereocenters. The molecule has 0 aliphatic carbocycles. The number of amides is 2. The van der Waals surface area contributed by atoms with E-state index < -0.39 is 29.4 Å². The number of benzene rings is 1. The normalized spacial score (nSPS) is 22.8. The molecule has 5 nitrogen and oxygen atoms in total. The average Bonchev–Trinajstić information content (AvgIpc) is 2.55. The molecule has 1 fully saturated rings. The monoisotopic (exact) mass is 331 g/mol.